The van der Waals surface area contributed by atoms with Crippen LogP contribution in [0.25, 0.3) is 0 Å². The van der Waals surface area contributed by atoms with Crippen molar-refractivity contribution in [1.82, 2.24) is 5.32 Å². The van der Waals surface area contributed by atoms with Crippen molar-refractivity contribution in [1.29, 1.82) is 0 Å². The molecule has 0 aromatic heterocycles. The number of ether oxygens (including phenoxy) is 1. The van der Waals surface area contributed by atoms with Crippen LogP contribution in [0.5, 0.6) is 5.75 Å². The lowest BCUT2D eigenvalue weighted by Gasteiger charge is -2.06. The van der Waals surface area contributed by atoms with Crippen molar-refractivity contribution >= 4 is 17.7 Å². The highest BCUT2D eigenvalue weighted by Crippen LogP contribution is 2.20. The van der Waals surface area contributed by atoms with Crippen molar-refractivity contribution < 1.29 is 9.53 Å². The van der Waals surface area contributed by atoms with Crippen LogP contribution in [0.2, 0.25) is 0 Å². The van der Waals surface area contributed by atoms with Gasteiger partial charge < -0.3 is 10.1 Å². The fraction of sp³-hybridized carbons (Fsp3) is 0.133. The van der Waals surface area contributed by atoms with Gasteiger partial charge in [0.15, 0.2) is 0 Å². The molecule has 1 amide bonds. The lowest BCUT2D eigenvalue weighted by molar-refractivity contribution is 0.0961. The number of benzene rings is 2. The Morgan fingerprint density at radius 1 is 1.11 bits per heavy atom. The van der Waals surface area contributed by atoms with Crippen LogP contribution in [-0.4, -0.2) is 18.9 Å². The van der Waals surface area contributed by atoms with Crippen LogP contribution in [0.4, 0.5) is 0 Å². The van der Waals surface area contributed by atoms with Gasteiger partial charge >= 0.3 is 0 Å². The predicted molar refractivity (Wildman–Crippen MR) is 77.6 cm³/mol. The van der Waals surface area contributed by atoms with Crippen molar-refractivity contribution in [2.75, 3.05) is 13.0 Å². The van der Waals surface area contributed by atoms with Gasteiger partial charge in [0.25, 0.3) is 5.91 Å². The van der Waals surface area contributed by atoms with Gasteiger partial charge in [-0.2, -0.15) is 0 Å². The Balaban J connectivity index is 1.81. The maximum absolute atomic E-state index is 11.8. The fourth-order valence-corrected chi connectivity index (χ4v) is 2.25. The summed E-state index contributed by atoms with van der Waals surface area (Å²) in [5.41, 5.74) is 0.679. The third kappa shape index (κ3) is 4.03. The highest BCUT2D eigenvalue weighted by Gasteiger charge is 2.03. The summed E-state index contributed by atoms with van der Waals surface area (Å²) in [6, 6.07) is 16.9. The molecule has 3 nitrogen and oxygen atoms in total. The molecule has 0 saturated carbocycles. The Bertz CT molecular complexity index is 526. The van der Waals surface area contributed by atoms with Gasteiger partial charge in [-0.1, -0.05) is 18.2 Å². The van der Waals surface area contributed by atoms with E-state index >= 15 is 0 Å². The Kier molecular flexibility index (Phi) is 4.86. The van der Waals surface area contributed by atoms with Gasteiger partial charge in [-0.25, -0.2) is 0 Å². The molecule has 2 aromatic rings. The Morgan fingerprint density at radius 3 is 2.42 bits per heavy atom. The summed E-state index contributed by atoms with van der Waals surface area (Å²) in [5, 5.41) is 2.87. The second kappa shape index (κ2) is 6.85. The Morgan fingerprint density at radius 2 is 1.79 bits per heavy atom. The Hall–Kier alpha value is -1.94. The monoisotopic (exact) mass is 273 g/mol. The average Bonchev–Trinajstić information content (AvgIpc) is 2.49. The molecule has 0 aliphatic heterocycles. The molecule has 0 aliphatic rings. The molecule has 0 radical (unpaired) electrons. The first kappa shape index (κ1) is 13.5. The molecule has 1 N–H and O–H groups in total. The molecule has 19 heavy (non-hydrogen) atoms. The largest absolute Gasteiger partial charge is 0.497 e. The molecule has 98 valence electrons. The number of hydrogen-bond donors (Lipinski definition) is 1. The summed E-state index contributed by atoms with van der Waals surface area (Å²) < 4.78 is 5.09. The SMILES string of the molecule is COc1ccc(SCNC(=O)c2ccccc2)cc1. The Labute approximate surface area is 117 Å². The van der Waals surface area contributed by atoms with Crippen molar-refractivity contribution in [2.45, 2.75) is 4.90 Å². The van der Waals surface area contributed by atoms with Crippen LogP contribution in [0, 0.1) is 0 Å². The van der Waals surface area contributed by atoms with E-state index < -0.39 is 0 Å². The number of nitrogens with one attached hydrogen (secondary N) is 1. The van der Waals surface area contributed by atoms with Crippen molar-refractivity contribution in [3.8, 4) is 5.75 Å². The maximum atomic E-state index is 11.8. The third-order valence-corrected chi connectivity index (χ3v) is 3.46. The van der Waals surface area contributed by atoms with Crippen LogP contribution in [0.15, 0.2) is 59.5 Å². The number of methoxy groups -OCH3 is 1. The average molecular weight is 273 g/mol. The predicted octanol–water partition coefficient (Wildman–Crippen LogP) is 3.17. The van der Waals surface area contributed by atoms with Gasteiger partial charge in [-0.15, -0.1) is 11.8 Å². The van der Waals surface area contributed by atoms with E-state index in [4.69, 9.17) is 4.74 Å². The van der Waals surface area contributed by atoms with Crippen LogP contribution < -0.4 is 10.1 Å². The van der Waals surface area contributed by atoms with Crippen LogP contribution in [-0.2, 0) is 0 Å². The number of thioether (sulfide) groups is 1. The number of hydrogen-bond acceptors (Lipinski definition) is 3. The highest BCUT2D eigenvalue weighted by molar-refractivity contribution is 7.99. The first-order valence-corrected chi connectivity index (χ1v) is 6.88. The summed E-state index contributed by atoms with van der Waals surface area (Å²) in [6.07, 6.45) is 0. The minimum Gasteiger partial charge on any atom is -0.497 e. The van der Waals surface area contributed by atoms with Crippen molar-refractivity contribution in [3.05, 3.63) is 60.2 Å². The van der Waals surface area contributed by atoms with Crippen molar-refractivity contribution in [3.63, 3.8) is 0 Å². The molecule has 0 heterocycles. The van der Waals surface area contributed by atoms with Gasteiger partial charge in [0.05, 0.1) is 13.0 Å². The fourth-order valence-electron chi connectivity index (χ4n) is 1.55. The summed E-state index contributed by atoms with van der Waals surface area (Å²) >= 11 is 1.58. The van der Waals surface area contributed by atoms with E-state index in [9.17, 15) is 4.79 Å². The standard InChI is InChI=1S/C15H15NO2S/c1-18-13-7-9-14(10-8-13)19-11-16-15(17)12-5-3-2-4-6-12/h2-10H,11H2,1H3,(H,16,17). The van der Waals surface area contributed by atoms with Gasteiger partial charge in [0, 0.05) is 10.5 Å². The van der Waals surface area contributed by atoms with Crippen molar-refractivity contribution in [2.24, 2.45) is 0 Å². The molecular weight excluding hydrogens is 258 g/mol. The number of carbonyl (C=O) groups is 1. The van der Waals surface area contributed by atoms with Crippen LogP contribution in [0.3, 0.4) is 0 Å². The molecule has 0 fully saturated rings. The number of amides is 1. The normalized spacial score (nSPS) is 9.95. The number of carbonyl (C=O) groups excluding carboxylic acids is 1. The summed E-state index contributed by atoms with van der Waals surface area (Å²) in [4.78, 5) is 12.9. The molecular formula is C15H15NO2S. The van der Waals surface area contributed by atoms with E-state index in [1.54, 1.807) is 31.0 Å². The zero-order valence-electron chi connectivity index (χ0n) is 10.6. The zero-order valence-corrected chi connectivity index (χ0v) is 11.4. The second-order valence-corrected chi connectivity index (χ2v) is 4.88. The number of rotatable bonds is 5. The minimum atomic E-state index is -0.0541. The van der Waals surface area contributed by atoms with Gasteiger partial charge in [0.2, 0.25) is 0 Å². The lowest BCUT2D eigenvalue weighted by Crippen LogP contribution is -2.22. The van der Waals surface area contributed by atoms with E-state index in [2.05, 4.69) is 5.32 Å². The molecule has 2 aromatic carbocycles. The topological polar surface area (TPSA) is 38.3 Å². The second-order valence-electron chi connectivity index (χ2n) is 3.84. The van der Waals surface area contributed by atoms with Gasteiger partial charge in [-0.3, -0.25) is 4.79 Å². The van der Waals surface area contributed by atoms with Crippen LogP contribution >= 0.6 is 11.8 Å². The summed E-state index contributed by atoms with van der Waals surface area (Å²) in [6.45, 7) is 0. The maximum Gasteiger partial charge on any atom is 0.251 e. The highest BCUT2D eigenvalue weighted by atomic mass is 32.2. The zero-order chi connectivity index (χ0) is 13.5. The van der Waals surface area contributed by atoms with E-state index in [1.165, 1.54) is 0 Å². The molecule has 0 atom stereocenters. The summed E-state index contributed by atoms with van der Waals surface area (Å²) in [5.74, 6) is 1.32. The lowest BCUT2D eigenvalue weighted by atomic mass is 10.2. The molecule has 0 unspecified atom stereocenters. The molecule has 4 heteroatoms. The first-order chi connectivity index (χ1) is 9.29. The smallest absolute Gasteiger partial charge is 0.251 e. The quantitative estimate of drug-likeness (QED) is 0.671. The van der Waals surface area contributed by atoms with Gasteiger partial charge in [-0.05, 0) is 36.4 Å². The van der Waals surface area contributed by atoms with E-state index in [0.29, 0.717) is 11.4 Å². The van der Waals surface area contributed by atoms with E-state index in [-0.39, 0.29) is 5.91 Å². The molecule has 0 bridgehead atoms. The minimum absolute atomic E-state index is 0.0541. The third-order valence-electron chi connectivity index (χ3n) is 2.57. The molecule has 0 spiro atoms. The van der Waals surface area contributed by atoms with Gasteiger partial charge in [0.1, 0.15) is 5.75 Å². The van der Waals surface area contributed by atoms with E-state index in [0.717, 1.165) is 10.6 Å². The summed E-state index contributed by atoms with van der Waals surface area (Å²) in [7, 11) is 1.64. The molecule has 0 saturated heterocycles. The van der Waals surface area contributed by atoms with E-state index in [1.807, 2.05) is 42.5 Å². The molecule has 0 aliphatic carbocycles. The van der Waals surface area contributed by atoms with Crippen LogP contribution in [0.1, 0.15) is 10.4 Å². The first-order valence-electron chi connectivity index (χ1n) is 5.89. The molecule has 2 rings (SSSR count).